The highest BCUT2D eigenvalue weighted by molar-refractivity contribution is 6.18. The third-order valence-electron chi connectivity index (χ3n) is 10.3. The molecule has 0 spiro atoms. The quantitative estimate of drug-likeness (QED) is 0.0682. The van der Waals surface area contributed by atoms with E-state index in [9.17, 15) is 15.0 Å². The lowest BCUT2D eigenvalue weighted by Crippen LogP contribution is -2.69. The minimum atomic E-state index is -1.35. The van der Waals surface area contributed by atoms with Gasteiger partial charge in [0.2, 0.25) is 5.79 Å². The number of likely N-dealkylation sites (N-methyl/N-ethyl adjacent to an activating group) is 1. The summed E-state index contributed by atoms with van der Waals surface area (Å²) < 4.78 is 25.9. The number of pyridine rings is 1. The molecule has 2 N–H and O–H groups in total. The van der Waals surface area contributed by atoms with E-state index in [4.69, 9.17) is 35.4 Å². The van der Waals surface area contributed by atoms with Crippen molar-refractivity contribution in [2.24, 2.45) is 22.9 Å². The van der Waals surface area contributed by atoms with Crippen molar-refractivity contribution in [2.75, 3.05) is 46.0 Å². The first-order valence-corrected chi connectivity index (χ1v) is 19.1. The van der Waals surface area contributed by atoms with Gasteiger partial charge in [-0.1, -0.05) is 36.2 Å². The number of aliphatic hydroxyl groups excluding tert-OH is 2. The van der Waals surface area contributed by atoms with Gasteiger partial charge in [0.25, 0.3) is 0 Å². The number of amides is 1. The van der Waals surface area contributed by atoms with Crippen molar-refractivity contribution in [3.8, 4) is 11.5 Å². The van der Waals surface area contributed by atoms with Crippen molar-refractivity contribution in [1.29, 1.82) is 0 Å². The number of aromatic nitrogens is 1. The number of rotatable bonds is 19. The summed E-state index contributed by atoms with van der Waals surface area (Å²) in [5, 5.41) is 24.2. The molecule has 0 bridgehead atoms. The fourth-order valence-corrected chi connectivity index (χ4v) is 8.23. The Morgan fingerprint density at radius 2 is 1.96 bits per heavy atom. The molecule has 2 aliphatic carbocycles. The maximum Gasteiger partial charge on any atom is 0.410 e. The van der Waals surface area contributed by atoms with Crippen LogP contribution in [0.2, 0.25) is 0 Å². The standard InChI is InChI=1S/C40H54ClN3O8/c1-5-21-50-40-36(44(4)39(47)48-22-18-41)25-34(43-51-6-2)32-23-28(13-7-9-19-45)31(15-8-10-20-46)37(38(32)40)33-24-30(16-17-35(33)52-40)49-26-29-14-11-12-27(3)42-29/h5,11-12,14,16-17,23-24,28,31,36-38,45-46H,1,6-10,13,15,18-22,25-26H2,2-4H3/t28-,31+,36-,37+,38+,40+/m0/s1. The van der Waals surface area contributed by atoms with E-state index in [1.54, 1.807) is 13.1 Å². The molecular formula is C40H54ClN3O8. The molecule has 52 heavy (non-hydrogen) atoms. The van der Waals surface area contributed by atoms with Crippen LogP contribution in [-0.2, 0) is 20.9 Å². The van der Waals surface area contributed by atoms with Crippen LogP contribution < -0.4 is 9.47 Å². The van der Waals surface area contributed by atoms with Gasteiger partial charge in [0, 0.05) is 43.9 Å². The third kappa shape index (κ3) is 8.76. The molecule has 2 aromatic rings. The van der Waals surface area contributed by atoms with Crippen molar-refractivity contribution in [2.45, 2.75) is 83.1 Å². The van der Waals surface area contributed by atoms with E-state index in [1.165, 1.54) is 4.90 Å². The lowest BCUT2D eigenvalue weighted by molar-refractivity contribution is -0.253. The van der Waals surface area contributed by atoms with Gasteiger partial charge in [-0.2, -0.15) is 0 Å². The molecule has 3 aliphatic rings. The second-order valence-corrected chi connectivity index (χ2v) is 14.0. The number of hydrogen-bond donors (Lipinski definition) is 2. The van der Waals surface area contributed by atoms with Gasteiger partial charge in [-0.25, -0.2) is 4.79 Å². The average molecular weight is 740 g/mol. The summed E-state index contributed by atoms with van der Waals surface area (Å²) in [7, 11) is 1.69. The van der Waals surface area contributed by atoms with E-state index in [-0.39, 0.29) is 56.5 Å². The molecule has 5 rings (SSSR count). The lowest BCUT2D eigenvalue weighted by atomic mass is 9.55. The van der Waals surface area contributed by atoms with Crippen LogP contribution in [0.4, 0.5) is 4.79 Å². The molecule has 284 valence electrons. The highest BCUT2D eigenvalue weighted by Gasteiger charge is 2.65. The number of halogens is 1. The zero-order valence-electron chi connectivity index (χ0n) is 30.7. The number of oxime groups is 1. The zero-order chi connectivity index (χ0) is 37.1. The van der Waals surface area contributed by atoms with Crippen LogP contribution in [0.25, 0.3) is 0 Å². The number of allylic oxidation sites excluding steroid dienone is 1. The summed E-state index contributed by atoms with van der Waals surface area (Å²) in [5.74, 6) is -0.203. The molecule has 1 amide bonds. The number of carbonyl (C=O) groups excluding carboxylic acids is 1. The highest BCUT2D eigenvalue weighted by atomic mass is 35.5. The topological polar surface area (TPSA) is 132 Å². The van der Waals surface area contributed by atoms with Gasteiger partial charge in [-0.15, -0.1) is 18.2 Å². The van der Waals surface area contributed by atoms with E-state index in [2.05, 4.69) is 28.9 Å². The molecule has 0 unspecified atom stereocenters. The van der Waals surface area contributed by atoms with Crippen LogP contribution in [0.3, 0.4) is 0 Å². The van der Waals surface area contributed by atoms with Gasteiger partial charge in [0.05, 0.1) is 29.8 Å². The zero-order valence-corrected chi connectivity index (χ0v) is 31.4. The SMILES string of the molecule is C=CCO[C@@]12Oc3ccc(OCc4cccc(C)n4)cc3[C@H]3[C@H](CCCCO)[C@@H](CCCCO)C=C(C(=NOCC)C[C@@H]1N(C)C(=O)OCCCl)[C@H]32. The smallest absolute Gasteiger partial charge is 0.410 e. The Bertz CT molecular complexity index is 1570. The number of fused-ring (bicyclic) bond motifs is 2. The van der Waals surface area contributed by atoms with Crippen LogP contribution in [0, 0.1) is 24.7 Å². The molecule has 2 heterocycles. The molecule has 1 aromatic heterocycles. The molecule has 0 radical (unpaired) electrons. The maximum atomic E-state index is 13.6. The van der Waals surface area contributed by atoms with Crippen molar-refractivity contribution >= 4 is 23.4 Å². The number of alkyl halides is 1. The second-order valence-electron chi connectivity index (χ2n) is 13.7. The van der Waals surface area contributed by atoms with E-state index in [1.807, 2.05) is 44.2 Å². The second kappa shape index (κ2) is 18.9. The number of carbonyl (C=O) groups is 1. The first-order valence-electron chi connectivity index (χ1n) is 18.5. The van der Waals surface area contributed by atoms with Crippen molar-refractivity contribution in [1.82, 2.24) is 9.88 Å². The normalized spacial score (nSPS) is 25.3. The predicted molar refractivity (Wildman–Crippen MR) is 200 cm³/mol. The Labute approximate surface area is 312 Å². The van der Waals surface area contributed by atoms with Gasteiger partial charge in [0.15, 0.2) is 0 Å². The number of aryl methyl sites for hydroxylation is 1. The molecule has 0 saturated heterocycles. The van der Waals surface area contributed by atoms with E-state index in [0.717, 1.165) is 53.9 Å². The number of benzene rings is 1. The lowest BCUT2D eigenvalue weighted by Gasteiger charge is -2.59. The van der Waals surface area contributed by atoms with E-state index >= 15 is 0 Å². The van der Waals surface area contributed by atoms with Gasteiger partial charge < -0.3 is 38.9 Å². The summed E-state index contributed by atoms with van der Waals surface area (Å²) in [4.78, 5) is 25.4. The summed E-state index contributed by atoms with van der Waals surface area (Å²) in [6, 6.07) is 11.1. The minimum Gasteiger partial charge on any atom is -0.487 e. The molecule has 1 aromatic carbocycles. The predicted octanol–water partition coefficient (Wildman–Crippen LogP) is 6.93. The molecule has 1 saturated carbocycles. The van der Waals surface area contributed by atoms with E-state index < -0.39 is 23.8 Å². The Balaban J connectivity index is 1.70. The number of hydrogen-bond acceptors (Lipinski definition) is 10. The number of ether oxygens (including phenoxy) is 4. The number of aliphatic hydroxyl groups is 2. The molecule has 6 atom stereocenters. The van der Waals surface area contributed by atoms with Crippen molar-refractivity contribution < 1.29 is 38.8 Å². The van der Waals surface area contributed by atoms with Crippen molar-refractivity contribution in [3.05, 3.63) is 77.7 Å². The first-order chi connectivity index (χ1) is 25.3. The Hall–Kier alpha value is -3.64. The Kier molecular flexibility index (Phi) is 14.4. The summed E-state index contributed by atoms with van der Waals surface area (Å²) in [6.45, 7) is 8.94. The first kappa shape index (κ1) is 39.6. The van der Waals surface area contributed by atoms with Crippen LogP contribution in [0.15, 0.2) is 65.9 Å². The van der Waals surface area contributed by atoms with Gasteiger partial charge >= 0.3 is 6.09 Å². The molecule has 1 fully saturated rings. The number of unbranched alkanes of at least 4 members (excludes halogenated alkanes) is 2. The summed E-state index contributed by atoms with van der Waals surface area (Å²) >= 11 is 5.91. The van der Waals surface area contributed by atoms with Crippen molar-refractivity contribution in [3.63, 3.8) is 0 Å². The maximum absolute atomic E-state index is 13.6. The molecule has 11 nitrogen and oxygen atoms in total. The minimum absolute atomic E-state index is 0.0576. The van der Waals surface area contributed by atoms with Gasteiger partial charge in [-0.05, 0) is 87.3 Å². The fraction of sp³-hybridized carbons (Fsp3) is 0.575. The third-order valence-corrected chi connectivity index (χ3v) is 10.5. The van der Waals surface area contributed by atoms with Gasteiger partial charge in [-0.3, -0.25) is 4.98 Å². The largest absolute Gasteiger partial charge is 0.487 e. The van der Waals surface area contributed by atoms with Crippen LogP contribution in [0.1, 0.15) is 74.7 Å². The summed E-state index contributed by atoms with van der Waals surface area (Å²) in [5.41, 5.74) is 4.42. The van der Waals surface area contributed by atoms with Crippen LogP contribution in [-0.4, -0.2) is 89.7 Å². The average Bonchev–Trinajstić information content (AvgIpc) is 3.15. The Morgan fingerprint density at radius 1 is 1.17 bits per heavy atom. The monoisotopic (exact) mass is 739 g/mol. The van der Waals surface area contributed by atoms with E-state index in [0.29, 0.717) is 37.6 Å². The Morgan fingerprint density at radius 3 is 2.67 bits per heavy atom. The highest BCUT2D eigenvalue weighted by Crippen LogP contribution is 2.61. The fourth-order valence-electron chi connectivity index (χ4n) is 8.15. The van der Waals surface area contributed by atoms with Crippen LogP contribution in [0.5, 0.6) is 11.5 Å². The molecule has 1 aliphatic heterocycles. The molecular weight excluding hydrogens is 686 g/mol. The summed E-state index contributed by atoms with van der Waals surface area (Å²) in [6.07, 6.45) is 8.48. The van der Waals surface area contributed by atoms with Gasteiger partial charge in [0.1, 0.15) is 37.4 Å². The molecule has 12 heteroatoms. The van der Waals surface area contributed by atoms with Crippen LogP contribution >= 0.6 is 11.6 Å². The number of nitrogens with zero attached hydrogens (tertiary/aromatic N) is 3.